The highest BCUT2D eigenvalue weighted by atomic mass is 16.2. The summed E-state index contributed by atoms with van der Waals surface area (Å²) in [5.74, 6) is -1.04. The van der Waals surface area contributed by atoms with E-state index in [1.165, 1.54) is 0 Å². The molecule has 0 saturated heterocycles. The molecule has 0 bridgehead atoms. The summed E-state index contributed by atoms with van der Waals surface area (Å²) in [5, 5.41) is 7.06. The molecule has 1 saturated carbocycles. The van der Waals surface area contributed by atoms with Crippen LogP contribution in [0.2, 0.25) is 0 Å². The van der Waals surface area contributed by atoms with E-state index in [-0.39, 0.29) is 17.5 Å². The maximum absolute atomic E-state index is 11.6. The first-order valence-corrected chi connectivity index (χ1v) is 5.33. The van der Waals surface area contributed by atoms with Crippen LogP contribution >= 0.6 is 0 Å². The van der Waals surface area contributed by atoms with Gasteiger partial charge in [0.05, 0.1) is 0 Å². The zero-order valence-electron chi connectivity index (χ0n) is 8.85. The summed E-state index contributed by atoms with van der Waals surface area (Å²) in [6.45, 7) is 0. The van der Waals surface area contributed by atoms with E-state index in [4.69, 9.17) is 5.41 Å². The van der Waals surface area contributed by atoms with E-state index in [1.807, 2.05) is 30.3 Å². The normalized spacial score (nSPS) is 25.5. The van der Waals surface area contributed by atoms with E-state index in [1.54, 1.807) is 0 Å². The molecule has 1 N–H and O–H groups in total. The van der Waals surface area contributed by atoms with Crippen LogP contribution in [0.3, 0.4) is 0 Å². The van der Waals surface area contributed by atoms with Crippen LogP contribution in [-0.2, 0) is 9.59 Å². The van der Waals surface area contributed by atoms with Gasteiger partial charge in [-0.25, -0.2) is 0 Å². The van der Waals surface area contributed by atoms with Crippen molar-refractivity contribution >= 4 is 17.8 Å². The standard InChI is InChI=1S/C13H13NO2/c14-8-11-12(15)6-10(7-13(11)16)9-4-2-1-3-5-9/h1-5,8,10-11,14H,6-7H2. The molecule has 1 aromatic carbocycles. The molecule has 0 unspecified atom stereocenters. The number of carbonyl (C=O) groups is 2. The van der Waals surface area contributed by atoms with Crippen LogP contribution in [-0.4, -0.2) is 17.8 Å². The predicted octanol–water partition coefficient (Wildman–Crippen LogP) is 1.97. The highest BCUT2D eigenvalue weighted by molar-refractivity contribution is 6.15. The lowest BCUT2D eigenvalue weighted by Crippen LogP contribution is -2.33. The second-order valence-electron chi connectivity index (χ2n) is 4.09. The smallest absolute Gasteiger partial charge is 0.149 e. The van der Waals surface area contributed by atoms with E-state index < -0.39 is 5.92 Å². The molecular weight excluding hydrogens is 202 g/mol. The number of benzene rings is 1. The van der Waals surface area contributed by atoms with Gasteiger partial charge in [0.1, 0.15) is 17.5 Å². The Hall–Kier alpha value is -1.77. The minimum Gasteiger partial charge on any atom is -0.312 e. The second kappa shape index (κ2) is 4.39. The van der Waals surface area contributed by atoms with Gasteiger partial charge in [-0.15, -0.1) is 0 Å². The third-order valence-electron chi connectivity index (χ3n) is 3.03. The Morgan fingerprint density at radius 2 is 1.62 bits per heavy atom. The first kappa shape index (κ1) is 10.7. The number of hydrogen-bond acceptors (Lipinski definition) is 3. The monoisotopic (exact) mass is 215 g/mol. The average molecular weight is 215 g/mol. The maximum atomic E-state index is 11.6. The van der Waals surface area contributed by atoms with Gasteiger partial charge in [0, 0.05) is 19.1 Å². The third-order valence-corrected chi connectivity index (χ3v) is 3.03. The minimum absolute atomic E-state index is 0.00241. The largest absolute Gasteiger partial charge is 0.312 e. The van der Waals surface area contributed by atoms with Gasteiger partial charge in [-0.2, -0.15) is 0 Å². The molecule has 16 heavy (non-hydrogen) atoms. The highest BCUT2D eigenvalue weighted by Gasteiger charge is 2.34. The molecule has 0 amide bonds. The van der Waals surface area contributed by atoms with Crippen molar-refractivity contribution in [2.24, 2.45) is 5.92 Å². The Labute approximate surface area is 94.0 Å². The van der Waals surface area contributed by atoms with Gasteiger partial charge in [-0.3, -0.25) is 9.59 Å². The summed E-state index contributed by atoms with van der Waals surface area (Å²) >= 11 is 0. The third kappa shape index (κ3) is 1.94. The number of hydrogen-bond donors (Lipinski definition) is 1. The Balaban J connectivity index is 2.20. The summed E-state index contributed by atoms with van der Waals surface area (Å²) in [6.07, 6.45) is 1.71. The first-order chi connectivity index (χ1) is 7.72. The van der Waals surface area contributed by atoms with E-state index >= 15 is 0 Å². The van der Waals surface area contributed by atoms with E-state index in [0.29, 0.717) is 12.8 Å². The van der Waals surface area contributed by atoms with Crippen molar-refractivity contribution in [1.29, 1.82) is 5.41 Å². The summed E-state index contributed by atoms with van der Waals surface area (Å²) in [7, 11) is 0. The first-order valence-electron chi connectivity index (χ1n) is 5.33. The fraction of sp³-hybridized carbons (Fsp3) is 0.308. The zero-order valence-corrected chi connectivity index (χ0v) is 8.85. The molecule has 3 nitrogen and oxygen atoms in total. The molecule has 1 aromatic rings. The van der Waals surface area contributed by atoms with Crippen LogP contribution in [0.4, 0.5) is 0 Å². The molecule has 0 aliphatic heterocycles. The quantitative estimate of drug-likeness (QED) is 0.605. The van der Waals surface area contributed by atoms with Crippen LogP contribution in [0.1, 0.15) is 24.3 Å². The summed E-state index contributed by atoms with van der Waals surface area (Å²) < 4.78 is 0. The molecule has 3 heteroatoms. The van der Waals surface area contributed by atoms with Gasteiger partial charge in [0.25, 0.3) is 0 Å². The van der Waals surface area contributed by atoms with Crippen LogP contribution in [0, 0.1) is 11.3 Å². The summed E-state index contributed by atoms with van der Waals surface area (Å²) in [5.41, 5.74) is 1.03. The number of nitrogens with one attached hydrogen (secondary N) is 1. The van der Waals surface area contributed by atoms with E-state index in [2.05, 4.69) is 0 Å². The molecular formula is C13H13NO2. The van der Waals surface area contributed by atoms with Gasteiger partial charge in [0.15, 0.2) is 0 Å². The van der Waals surface area contributed by atoms with Crippen molar-refractivity contribution in [2.45, 2.75) is 18.8 Å². The van der Waals surface area contributed by atoms with Crippen LogP contribution in [0.5, 0.6) is 0 Å². The number of Topliss-reactive ketones (excluding diaryl/α,β-unsaturated/α-hetero) is 2. The molecule has 1 aliphatic carbocycles. The van der Waals surface area contributed by atoms with E-state index in [9.17, 15) is 9.59 Å². The van der Waals surface area contributed by atoms with E-state index in [0.717, 1.165) is 11.8 Å². The zero-order chi connectivity index (χ0) is 11.5. The van der Waals surface area contributed by atoms with Gasteiger partial charge in [-0.1, -0.05) is 30.3 Å². The number of rotatable bonds is 2. The van der Waals surface area contributed by atoms with Crippen LogP contribution in [0.15, 0.2) is 30.3 Å². The van der Waals surface area contributed by atoms with Crippen molar-refractivity contribution in [1.82, 2.24) is 0 Å². The van der Waals surface area contributed by atoms with Crippen LogP contribution < -0.4 is 0 Å². The molecule has 0 radical (unpaired) electrons. The molecule has 2 rings (SSSR count). The fourth-order valence-corrected chi connectivity index (χ4v) is 2.14. The van der Waals surface area contributed by atoms with Crippen molar-refractivity contribution in [3.05, 3.63) is 35.9 Å². The van der Waals surface area contributed by atoms with Crippen molar-refractivity contribution < 1.29 is 9.59 Å². The minimum atomic E-state index is -0.792. The van der Waals surface area contributed by atoms with Crippen molar-refractivity contribution in [3.63, 3.8) is 0 Å². The Morgan fingerprint density at radius 1 is 1.06 bits per heavy atom. The van der Waals surface area contributed by atoms with Crippen LogP contribution in [0.25, 0.3) is 0 Å². The molecule has 1 aliphatic rings. The SMILES string of the molecule is N=CC1C(=O)CC(c2ccccc2)CC1=O. The molecule has 1 fully saturated rings. The lowest BCUT2D eigenvalue weighted by Gasteiger charge is -2.24. The topological polar surface area (TPSA) is 58.0 Å². The van der Waals surface area contributed by atoms with Crippen molar-refractivity contribution in [2.75, 3.05) is 0 Å². The Morgan fingerprint density at radius 3 is 2.12 bits per heavy atom. The van der Waals surface area contributed by atoms with Gasteiger partial charge in [-0.05, 0) is 11.5 Å². The van der Waals surface area contributed by atoms with Crippen molar-refractivity contribution in [3.8, 4) is 0 Å². The molecule has 0 atom stereocenters. The molecule has 0 aromatic heterocycles. The highest BCUT2D eigenvalue weighted by Crippen LogP contribution is 2.30. The van der Waals surface area contributed by atoms with Gasteiger partial charge in [0.2, 0.25) is 0 Å². The summed E-state index contributed by atoms with van der Waals surface area (Å²) in [6, 6.07) is 9.61. The lowest BCUT2D eigenvalue weighted by molar-refractivity contribution is -0.133. The fourth-order valence-electron chi connectivity index (χ4n) is 2.14. The summed E-state index contributed by atoms with van der Waals surface area (Å²) in [4.78, 5) is 23.3. The Bertz CT molecular complexity index is 407. The van der Waals surface area contributed by atoms with Gasteiger partial charge >= 0.3 is 0 Å². The van der Waals surface area contributed by atoms with Gasteiger partial charge < -0.3 is 5.41 Å². The maximum Gasteiger partial charge on any atom is 0.149 e. The lowest BCUT2D eigenvalue weighted by atomic mass is 9.77. The Kier molecular flexibility index (Phi) is 2.95. The second-order valence-corrected chi connectivity index (χ2v) is 4.09. The number of ketones is 2. The predicted molar refractivity (Wildman–Crippen MR) is 60.7 cm³/mol. The number of carbonyl (C=O) groups excluding carboxylic acids is 2. The molecule has 0 heterocycles. The molecule has 0 spiro atoms. The molecule has 82 valence electrons. The average Bonchev–Trinajstić information content (AvgIpc) is 2.30.